The van der Waals surface area contributed by atoms with Gasteiger partial charge in [0, 0.05) is 49.3 Å². The summed E-state index contributed by atoms with van der Waals surface area (Å²) in [4.78, 5) is 25.4. The van der Waals surface area contributed by atoms with E-state index in [2.05, 4.69) is 55.5 Å². The first-order valence-corrected chi connectivity index (χ1v) is 11.3. The molecule has 166 valence electrons. The zero-order valence-electron chi connectivity index (χ0n) is 18.7. The predicted octanol–water partition coefficient (Wildman–Crippen LogP) is 4.35. The van der Waals surface area contributed by atoms with Crippen LogP contribution < -0.4 is 15.2 Å². The van der Waals surface area contributed by atoms with Crippen LogP contribution in [0.25, 0.3) is 15.9 Å². The summed E-state index contributed by atoms with van der Waals surface area (Å²) in [5, 5.41) is 0. The van der Waals surface area contributed by atoms with Crippen molar-refractivity contribution in [3.63, 3.8) is 0 Å². The Balaban J connectivity index is 1.64. The maximum absolute atomic E-state index is 12.7. The number of fused-ring (bicyclic) bond motifs is 1. The van der Waals surface area contributed by atoms with E-state index < -0.39 is 0 Å². The van der Waals surface area contributed by atoms with Gasteiger partial charge in [0.1, 0.15) is 5.75 Å². The highest BCUT2D eigenvalue weighted by Crippen LogP contribution is 2.31. The fourth-order valence-corrected chi connectivity index (χ4v) is 4.82. The first-order valence-electron chi connectivity index (χ1n) is 10.5. The van der Waals surface area contributed by atoms with Crippen molar-refractivity contribution in [1.82, 2.24) is 14.5 Å². The van der Waals surface area contributed by atoms with Crippen LogP contribution >= 0.6 is 15.9 Å². The molecule has 4 rings (SSSR count). The Labute approximate surface area is 196 Å². The van der Waals surface area contributed by atoms with E-state index in [0.717, 1.165) is 41.1 Å². The fourth-order valence-electron chi connectivity index (χ4n) is 4.34. The van der Waals surface area contributed by atoms with Crippen LogP contribution in [-0.2, 0) is 13.6 Å². The van der Waals surface area contributed by atoms with Crippen LogP contribution in [0.2, 0.25) is 0 Å². The molecule has 1 aliphatic heterocycles. The lowest BCUT2D eigenvalue weighted by Crippen LogP contribution is -2.56. The minimum Gasteiger partial charge on any atom is -0.497 e. The second-order valence-corrected chi connectivity index (χ2v) is 9.17. The topological polar surface area (TPSA) is 55.0 Å². The van der Waals surface area contributed by atoms with Crippen LogP contribution in [-0.4, -0.2) is 46.7 Å². The summed E-state index contributed by atoms with van der Waals surface area (Å²) >= 11 is 3.67. The maximum Gasteiger partial charge on any atom is 0.270 e. The number of pyridine rings is 2. The highest BCUT2D eigenvalue weighted by molar-refractivity contribution is 9.10. The van der Waals surface area contributed by atoms with E-state index in [9.17, 15) is 4.79 Å². The van der Waals surface area contributed by atoms with E-state index in [1.54, 1.807) is 30.9 Å². The van der Waals surface area contributed by atoms with Crippen molar-refractivity contribution >= 4 is 38.5 Å². The second kappa shape index (κ2) is 8.93. The molecule has 0 unspecified atom stereocenters. The third-order valence-electron chi connectivity index (χ3n) is 6.23. The van der Waals surface area contributed by atoms with Gasteiger partial charge >= 0.3 is 0 Å². The number of methoxy groups -OCH3 is 1. The molecule has 0 amide bonds. The summed E-state index contributed by atoms with van der Waals surface area (Å²) in [6, 6.07) is 11.6. The molecular formula is C24H26BrN5O2. The number of piperazine rings is 1. The zero-order chi connectivity index (χ0) is 23.0. The lowest BCUT2D eigenvalue weighted by molar-refractivity contribution is 0.158. The molecular weight excluding hydrogens is 470 g/mol. The van der Waals surface area contributed by atoms with Crippen molar-refractivity contribution < 1.29 is 4.74 Å². The van der Waals surface area contributed by atoms with Crippen LogP contribution in [0.4, 0.5) is 11.5 Å². The van der Waals surface area contributed by atoms with E-state index in [1.165, 1.54) is 5.56 Å². The molecule has 1 aromatic carbocycles. The summed E-state index contributed by atoms with van der Waals surface area (Å²) in [7, 11) is 3.41. The van der Waals surface area contributed by atoms with Gasteiger partial charge in [-0.1, -0.05) is 28.6 Å². The largest absolute Gasteiger partial charge is 0.497 e. The van der Waals surface area contributed by atoms with Gasteiger partial charge in [-0.25, -0.2) is 0 Å². The van der Waals surface area contributed by atoms with Crippen LogP contribution in [0.1, 0.15) is 19.4 Å². The van der Waals surface area contributed by atoms with E-state index in [1.807, 2.05) is 18.2 Å². The molecule has 1 fully saturated rings. The molecule has 1 aliphatic rings. The average molecular weight is 496 g/mol. The van der Waals surface area contributed by atoms with Gasteiger partial charge in [-0.15, -0.1) is 4.98 Å². The van der Waals surface area contributed by atoms with Gasteiger partial charge in [-0.2, -0.15) is 0 Å². The van der Waals surface area contributed by atoms with E-state index in [4.69, 9.17) is 11.3 Å². The van der Waals surface area contributed by atoms with Crippen LogP contribution in [0.15, 0.2) is 45.7 Å². The number of benzene rings is 1. The Kier molecular flexibility index (Phi) is 6.22. The number of aryl methyl sites for hydroxylation is 1. The number of ether oxygens (including phenoxy) is 1. The highest BCUT2D eigenvalue weighted by Gasteiger charge is 2.32. The number of anilines is 1. The lowest BCUT2D eigenvalue weighted by atomic mass is 10.0. The molecule has 7 nitrogen and oxygen atoms in total. The van der Waals surface area contributed by atoms with Gasteiger partial charge in [0.15, 0.2) is 0 Å². The van der Waals surface area contributed by atoms with Crippen LogP contribution in [0.3, 0.4) is 0 Å². The first-order chi connectivity index (χ1) is 15.3. The van der Waals surface area contributed by atoms with Gasteiger partial charge in [-0.05, 0) is 43.7 Å². The summed E-state index contributed by atoms with van der Waals surface area (Å²) in [5.74, 6) is 1.16. The number of hydrogen-bond acceptors (Lipinski definition) is 5. The van der Waals surface area contributed by atoms with E-state index >= 15 is 0 Å². The molecule has 0 N–H and O–H groups in total. The normalized spacial score (nSPS) is 19.2. The van der Waals surface area contributed by atoms with Gasteiger partial charge in [0.2, 0.25) is 5.52 Å². The average Bonchev–Trinajstić information content (AvgIpc) is 2.79. The number of aromatic nitrogens is 2. The molecule has 3 aromatic rings. The molecule has 3 heterocycles. The Morgan fingerprint density at radius 2 is 1.97 bits per heavy atom. The standard InChI is InChI=1S/C24H26BrN5O2/c1-15-13-30(16(2)12-29(15)14-17-6-7-18(32-5)10-19(17)25)21-11-23(31)28(4)20-8-9-22(26-3)27-24(20)21/h6-11,15-16H,12-14H2,1-2,4-5H3/t15-,16+/m1/s1. The molecule has 0 spiro atoms. The summed E-state index contributed by atoms with van der Waals surface area (Å²) in [6.07, 6.45) is 0. The molecule has 0 aliphatic carbocycles. The van der Waals surface area contributed by atoms with E-state index in [-0.39, 0.29) is 17.6 Å². The van der Waals surface area contributed by atoms with Gasteiger partial charge < -0.3 is 19.0 Å². The van der Waals surface area contributed by atoms with Crippen molar-refractivity contribution in [2.24, 2.45) is 7.05 Å². The molecule has 8 heteroatoms. The maximum atomic E-state index is 12.7. The van der Waals surface area contributed by atoms with Crippen molar-refractivity contribution in [2.75, 3.05) is 25.1 Å². The van der Waals surface area contributed by atoms with Gasteiger partial charge in [0.25, 0.3) is 11.4 Å². The fraction of sp³-hybridized carbons (Fsp3) is 0.375. The Hall–Kier alpha value is -2.89. The third kappa shape index (κ3) is 4.10. The Morgan fingerprint density at radius 3 is 2.66 bits per heavy atom. The molecule has 2 aromatic heterocycles. The molecule has 32 heavy (non-hydrogen) atoms. The summed E-state index contributed by atoms with van der Waals surface area (Å²) < 4.78 is 7.93. The van der Waals surface area contributed by atoms with Gasteiger partial charge in [-0.3, -0.25) is 9.69 Å². The zero-order valence-corrected chi connectivity index (χ0v) is 20.3. The molecule has 2 atom stereocenters. The minimum absolute atomic E-state index is 0.0747. The van der Waals surface area contributed by atoms with Crippen molar-refractivity contribution in [3.8, 4) is 5.75 Å². The Bertz CT molecular complexity index is 1270. The highest BCUT2D eigenvalue weighted by atomic mass is 79.9. The first kappa shape index (κ1) is 22.3. The van der Waals surface area contributed by atoms with Crippen molar-refractivity contribution in [1.29, 1.82) is 0 Å². The van der Waals surface area contributed by atoms with Crippen molar-refractivity contribution in [2.45, 2.75) is 32.5 Å². The smallest absolute Gasteiger partial charge is 0.270 e. The number of halogens is 1. The van der Waals surface area contributed by atoms with Crippen molar-refractivity contribution in [3.05, 3.63) is 68.2 Å². The number of hydrogen-bond donors (Lipinski definition) is 0. The van der Waals surface area contributed by atoms with Crippen LogP contribution in [0, 0.1) is 6.57 Å². The molecule has 0 radical (unpaired) electrons. The third-order valence-corrected chi connectivity index (χ3v) is 6.96. The predicted molar refractivity (Wildman–Crippen MR) is 131 cm³/mol. The SMILES string of the molecule is [C-]#[N+]c1ccc2c(n1)c(N1C[C@@H](C)N(Cc3ccc(OC)cc3Br)C[C@@H]1C)cc(=O)n2C. The molecule has 0 bridgehead atoms. The van der Waals surface area contributed by atoms with E-state index in [0.29, 0.717) is 11.3 Å². The van der Waals surface area contributed by atoms with Gasteiger partial charge in [0.05, 0.1) is 18.3 Å². The Morgan fingerprint density at radius 1 is 1.19 bits per heavy atom. The molecule has 0 saturated carbocycles. The number of nitrogens with zero attached hydrogens (tertiary/aromatic N) is 5. The number of rotatable bonds is 4. The summed E-state index contributed by atoms with van der Waals surface area (Å²) in [6.45, 7) is 14.1. The van der Waals surface area contributed by atoms with Crippen LogP contribution in [0.5, 0.6) is 5.75 Å². The minimum atomic E-state index is -0.0747. The summed E-state index contributed by atoms with van der Waals surface area (Å²) in [5.41, 5.74) is 3.38. The monoisotopic (exact) mass is 495 g/mol. The molecule has 1 saturated heterocycles. The quantitative estimate of drug-likeness (QED) is 0.503. The lowest BCUT2D eigenvalue weighted by Gasteiger charge is -2.45. The second-order valence-electron chi connectivity index (χ2n) is 8.31.